The van der Waals surface area contributed by atoms with Gasteiger partial charge in [0.25, 0.3) is 5.91 Å². The molecule has 1 atom stereocenters. The van der Waals surface area contributed by atoms with Crippen LogP contribution in [0.1, 0.15) is 60.3 Å². The maximum Gasteiger partial charge on any atom is 0.276 e. The molecule has 1 fully saturated rings. The van der Waals surface area contributed by atoms with Crippen molar-refractivity contribution in [2.45, 2.75) is 45.6 Å². The van der Waals surface area contributed by atoms with Crippen molar-refractivity contribution in [3.63, 3.8) is 0 Å². The van der Waals surface area contributed by atoms with Gasteiger partial charge in [0, 0.05) is 18.4 Å². The summed E-state index contributed by atoms with van der Waals surface area (Å²) in [6, 6.07) is 8.26. The zero-order valence-electron chi connectivity index (χ0n) is 14.7. The van der Waals surface area contributed by atoms with Crippen LogP contribution >= 0.6 is 0 Å². The number of hydrogen-bond acceptors (Lipinski definition) is 3. The fourth-order valence-corrected chi connectivity index (χ4v) is 3.24. The highest BCUT2D eigenvalue weighted by molar-refractivity contribution is 6.03. The molecule has 1 aliphatic heterocycles. The van der Waals surface area contributed by atoms with E-state index in [-0.39, 0.29) is 5.91 Å². The quantitative estimate of drug-likeness (QED) is 0.904. The fourth-order valence-electron chi connectivity index (χ4n) is 3.24. The minimum Gasteiger partial charge on any atom is -0.320 e. The zero-order valence-corrected chi connectivity index (χ0v) is 14.7. The molecular formula is C19H26N4O. The number of aromatic nitrogens is 2. The fraction of sp³-hybridized carbons (Fsp3) is 0.474. The van der Waals surface area contributed by atoms with Crippen LogP contribution in [0, 0.1) is 6.92 Å². The minimum atomic E-state index is -0.145. The van der Waals surface area contributed by atoms with E-state index in [4.69, 9.17) is 0 Å². The Morgan fingerprint density at radius 1 is 1.38 bits per heavy atom. The third kappa shape index (κ3) is 3.51. The van der Waals surface area contributed by atoms with Crippen LogP contribution in [0.2, 0.25) is 0 Å². The van der Waals surface area contributed by atoms with E-state index in [1.165, 1.54) is 0 Å². The molecule has 1 saturated heterocycles. The van der Waals surface area contributed by atoms with Crippen LogP contribution < -0.4 is 10.6 Å². The Morgan fingerprint density at radius 3 is 2.92 bits per heavy atom. The molecule has 3 rings (SSSR count). The number of carbonyl (C=O) groups excluding carboxylic acids is 1. The smallest absolute Gasteiger partial charge is 0.276 e. The van der Waals surface area contributed by atoms with Crippen molar-refractivity contribution >= 4 is 11.6 Å². The SMILES string of the molecule is Cc1cccc(C(C)C)c1NC(=O)c1ccn(C2CCCNC2)n1. The van der Waals surface area contributed by atoms with Gasteiger partial charge >= 0.3 is 0 Å². The van der Waals surface area contributed by atoms with E-state index in [2.05, 4.69) is 35.6 Å². The molecule has 24 heavy (non-hydrogen) atoms. The molecule has 1 unspecified atom stereocenters. The van der Waals surface area contributed by atoms with Gasteiger partial charge in [0.1, 0.15) is 0 Å². The van der Waals surface area contributed by atoms with E-state index >= 15 is 0 Å². The van der Waals surface area contributed by atoms with Crippen molar-refractivity contribution in [2.75, 3.05) is 18.4 Å². The van der Waals surface area contributed by atoms with E-state index in [1.54, 1.807) is 6.07 Å². The monoisotopic (exact) mass is 326 g/mol. The van der Waals surface area contributed by atoms with Crippen LogP contribution in [0.5, 0.6) is 0 Å². The first kappa shape index (κ1) is 16.7. The van der Waals surface area contributed by atoms with E-state index in [0.717, 1.165) is 42.7 Å². The first-order chi connectivity index (χ1) is 11.6. The average Bonchev–Trinajstić information content (AvgIpc) is 3.07. The van der Waals surface area contributed by atoms with E-state index in [9.17, 15) is 4.79 Å². The number of hydrogen-bond donors (Lipinski definition) is 2. The summed E-state index contributed by atoms with van der Waals surface area (Å²) in [5.74, 6) is 0.208. The molecule has 5 heteroatoms. The number of rotatable bonds is 4. The molecule has 0 spiro atoms. The lowest BCUT2D eigenvalue weighted by Crippen LogP contribution is -2.32. The second-order valence-electron chi connectivity index (χ2n) is 6.83. The molecule has 1 aromatic carbocycles. The molecule has 128 valence electrons. The number of piperidine rings is 1. The van der Waals surface area contributed by atoms with Gasteiger partial charge in [0.15, 0.2) is 5.69 Å². The number of para-hydroxylation sites is 1. The van der Waals surface area contributed by atoms with Gasteiger partial charge in [-0.15, -0.1) is 0 Å². The van der Waals surface area contributed by atoms with Crippen molar-refractivity contribution < 1.29 is 4.79 Å². The summed E-state index contributed by atoms with van der Waals surface area (Å²) in [4.78, 5) is 12.6. The predicted molar refractivity (Wildman–Crippen MR) is 96.6 cm³/mol. The number of amides is 1. The number of nitrogens with zero attached hydrogens (tertiary/aromatic N) is 2. The molecule has 1 aromatic heterocycles. The first-order valence-electron chi connectivity index (χ1n) is 8.73. The Balaban J connectivity index is 1.77. The average molecular weight is 326 g/mol. The van der Waals surface area contributed by atoms with Gasteiger partial charge in [-0.2, -0.15) is 5.10 Å². The van der Waals surface area contributed by atoms with Crippen LogP contribution in [0.25, 0.3) is 0 Å². The van der Waals surface area contributed by atoms with Gasteiger partial charge in [-0.1, -0.05) is 32.0 Å². The molecule has 0 aliphatic carbocycles. The second kappa shape index (κ2) is 7.18. The molecule has 5 nitrogen and oxygen atoms in total. The van der Waals surface area contributed by atoms with Crippen LogP contribution in [0.4, 0.5) is 5.69 Å². The van der Waals surface area contributed by atoms with Crippen LogP contribution in [0.15, 0.2) is 30.5 Å². The van der Waals surface area contributed by atoms with E-state index in [0.29, 0.717) is 17.7 Å². The molecule has 2 aromatic rings. The maximum atomic E-state index is 12.6. The lowest BCUT2D eigenvalue weighted by molar-refractivity contribution is 0.102. The molecule has 0 bridgehead atoms. The minimum absolute atomic E-state index is 0.145. The van der Waals surface area contributed by atoms with Crippen molar-refractivity contribution in [2.24, 2.45) is 0 Å². The molecule has 2 heterocycles. The summed E-state index contributed by atoms with van der Waals surface area (Å²) in [6.07, 6.45) is 4.16. The highest BCUT2D eigenvalue weighted by Gasteiger charge is 2.19. The number of benzene rings is 1. The maximum absolute atomic E-state index is 12.6. The lowest BCUT2D eigenvalue weighted by atomic mass is 9.98. The normalized spacial score (nSPS) is 17.9. The lowest BCUT2D eigenvalue weighted by Gasteiger charge is -2.22. The topological polar surface area (TPSA) is 59.0 Å². The Bertz CT molecular complexity index is 714. The molecule has 1 aliphatic rings. The first-order valence-corrected chi connectivity index (χ1v) is 8.73. The standard InChI is InChI=1S/C19H26N4O/c1-13(2)16-8-4-6-14(3)18(16)21-19(24)17-9-11-23(22-17)15-7-5-10-20-12-15/h4,6,8-9,11,13,15,20H,5,7,10,12H2,1-3H3,(H,21,24). The summed E-state index contributed by atoms with van der Waals surface area (Å²) in [6.45, 7) is 8.27. The molecular weight excluding hydrogens is 300 g/mol. The number of aryl methyl sites for hydroxylation is 1. The number of carbonyl (C=O) groups is 1. The van der Waals surface area contributed by atoms with Crippen molar-refractivity contribution in [3.05, 3.63) is 47.3 Å². The summed E-state index contributed by atoms with van der Waals surface area (Å²) in [5.41, 5.74) is 3.61. The zero-order chi connectivity index (χ0) is 17.1. The van der Waals surface area contributed by atoms with Crippen LogP contribution in [-0.2, 0) is 0 Å². The largest absolute Gasteiger partial charge is 0.320 e. The van der Waals surface area contributed by atoms with Crippen LogP contribution in [0.3, 0.4) is 0 Å². The highest BCUT2D eigenvalue weighted by atomic mass is 16.2. The molecule has 2 N–H and O–H groups in total. The summed E-state index contributed by atoms with van der Waals surface area (Å²) < 4.78 is 1.92. The Labute approximate surface area is 143 Å². The van der Waals surface area contributed by atoms with Gasteiger partial charge in [-0.25, -0.2) is 0 Å². The van der Waals surface area contributed by atoms with Crippen LogP contribution in [-0.4, -0.2) is 28.8 Å². The van der Waals surface area contributed by atoms with E-state index in [1.807, 2.05) is 29.9 Å². The van der Waals surface area contributed by atoms with Gasteiger partial charge in [-0.3, -0.25) is 9.48 Å². The number of nitrogens with one attached hydrogen (secondary N) is 2. The molecule has 0 radical (unpaired) electrons. The van der Waals surface area contributed by atoms with Gasteiger partial charge in [0.05, 0.1) is 6.04 Å². The molecule has 0 saturated carbocycles. The highest BCUT2D eigenvalue weighted by Crippen LogP contribution is 2.27. The summed E-state index contributed by atoms with van der Waals surface area (Å²) in [7, 11) is 0. The second-order valence-corrected chi connectivity index (χ2v) is 6.83. The van der Waals surface area contributed by atoms with Crippen molar-refractivity contribution in [1.29, 1.82) is 0 Å². The van der Waals surface area contributed by atoms with E-state index < -0.39 is 0 Å². The van der Waals surface area contributed by atoms with Gasteiger partial charge in [0.2, 0.25) is 0 Å². The molecule has 1 amide bonds. The third-order valence-electron chi connectivity index (χ3n) is 4.65. The van der Waals surface area contributed by atoms with Gasteiger partial charge < -0.3 is 10.6 Å². The van der Waals surface area contributed by atoms with Crippen molar-refractivity contribution in [1.82, 2.24) is 15.1 Å². The Hall–Kier alpha value is -2.14. The predicted octanol–water partition coefficient (Wildman–Crippen LogP) is 3.49. The third-order valence-corrected chi connectivity index (χ3v) is 4.65. The van der Waals surface area contributed by atoms with Crippen molar-refractivity contribution in [3.8, 4) is 0 Å². The summed E-state index contributed by atoms with van der Waals surface area (Å²) >= 11 is 0. The summed E-state index contributed by atoms with van der Waals surface area (Å²) in [5, 5.41) is 10.9. The Kier molecular flexibility index (Phi) is 5.00. The van der Waals surface area contributed by atoms with Gasteiger partial charge in [-0.05, 0) is 49.4 Å². The number of anilines is 1. The Morgan fingerprint density at radius 2 is 2.21 bits per heavy atom.